The number of rotatable bonds is 3. The first-order chi connectivity index (χ1) is 10.7. The molecule has 2 aromatic carbocycles. The number of nitrogens with two attached hydrogens (primary N) is 1. The SMILES string of the molecule is CN(Cc1cccc2ccccc12)C(=O)c1nccnc1N. The van der Waals surface area contributed by atoms with Crippen LogP contribution in [0.2, 0.25) is 0 Å². The molecule has 0 radical (unpaired) electrons. The molecule has 22 heavy (non-hydrogen) atoms. The van der Waals surface area contributed by atoms with E-state index in [4.69, 9.17) is 5.73 Å². The quantitative estimate of drug-likeness (QED) is 0.805. The van der Waals surface area contributed by atoms with Gasteiger partial charge in [-0.2, -0.15) is 0 Å². The zero-order valence-electron chi connectivity index (χ0n) is 12.2. The van der Waals surface area contributed by atoms with Crippen LogP contribution in [-0.4, -0.2) is 27.8 Å². The standard InChI is InChI=1S/C17H16N4O/c1-21(17(22)15-16(18)20-10-9-19-15)11-13-7-4-6-12-5-2-3-8-14(12)13/h2-10H,11H2,1H3,(H2,18,20). The molecule has 0 fully saturated rings. The fraction of sp³-hybridized carbons (Fsp3) is 0.118. The summed E-state index contributed by atoms with van der Waals surface area (Å²) in [4.78, 5) is 22.0. The number of carbonyl (C=O) groups is 1. The van der Waals surface area contributed by atoms with Crippen molar-refractivity contribution in [2.24, 2.45) is 0 Å². The highest BCUT2D eigenvalue weighted by atomic mass is 16.2. The average Bonchev–Trinajstić information content (AvgIpc) is 2.55. The number of anilines is 1. The maximum atomic E-state index is 12.4. The number of nitrogen functional groups attached to an aromatic ring is 1. The normalized spacial score (nSPS) is 10.6. The van der Waals surface area contributed by atoms with Gasteiger partial charge >= 0.3 is 0 Å². The van der Waals surface area contributed by atoms with Gasteiger partial charge in [-0.05, 0) is 16.3 Å². The van der Waals surface area contributed by atoms with E-state index in [1.165, 1.54) is 12.4 Å². The van der Waals surface area contributed by atoms with Crippen LogP contribution >= 0.6 is 0 Å². The van der Waals surface area contributed by atoms with E-state index in [2.05, 4.69) is 28.2 Å². The molecule has 0 aliphatic rings. The molecule has 0 saturated carbocycles. The Morgan fingerprint density at radius 1 is 1.09 bits per heavy atom. The molecule has 0 bridgehead atoms. The molecule has 0 aliphatic carbocycles. The average molecular weight is 292 g/mol. The first-order valence-corrected chi connectivity index (χ1v) is 6.95. The molecule has 1 heterocycles. The molecular formula is C17H16N4O. The first-order valence-electron chi connectivity index (χ1n) is 6.95. The molecule has 0 aliphatic heterocycles. The lowest BCUT2D eigenvalue weighted by atomic mass is 10.0. The Hall–Kier alpha value is -2.95. The fourth-order valence-electron chi connectivity index (χ4n) is 2.45. The van der Waals surface area contributed by atoms with Crippen LogP contribution < -0.4 is 5.73 Å². The lowest BCUT2D eigenvalue weighted by Gasteiger charge is -2.18. The number of amides is 1. The van der Waals surface area contributed by atoms with Crippen molar-refractivity contribution in [2.45, 2.75) is 6.54 Å². The molecule has 2 N–H and O–H groups in total. The Bertz CT molecular complexity index is 826. The summed E-state index contributed by atoms with van der Waals surface area (Å²) in [5, 5.41) is 2.29. The van der Waals surface area contributed by atoms with Crippen molar-refractivity contribution in [3.05, 3.63) is 66.1 Å². The molecule has 0 spiro atoms. The van der Waals surface area contributed by atoms with Gasteiger partial charge in [0, 0.05) is 26.0 Å². The highest BCUT2D eigenvalue weighted by Crippen LogP contribution is 2.20. The Balaban J connectivity index is 1.89. The Kier molecular flexibility index (Phi) is 3.70. The molecule has 0 saturated heterocycles. The number of fused-ring (bicyclic) bond motifs is 1. The summed E-state index contributed by atoms with van der Waals surface area (Å²) in [5.74, 6) is -0.0872. The van der Waals surface area contributed by atoms with E-state index < -0.39 is 0 Å². The van der Waals surface area contributed by atoms with Gasteiger partial charge in [-0.15, -0.1) is 0 Å². The van der Waals surface area contributed by atoms with Crippen LogP contribution in [0.4, 0.5) is 5.82 Å². The zero-order valence-corrected chi connectivity index (χ0v) is 12.2. The van der Waals surface area contributed by atoms with E-state index in [0.717, 1.165) is 16.3 Å². The number of aromatic nitrogens is 2. The summed E-state index contributed by atoms with van der Waals surface area (Å²) in [7, 11) is 1.73. The topological polar surface area (TPSA) is 72.1 Å². The van der Waals surface area contributed by atoms with E-state index >= 15 is 0 Å². The van der Waals surface area contributed by atoms with Crippen LogP contribution in [-0.2, 0) is 6.54 Å². The van der Waals surface area contributed by atoms with E-state index in [0.29, 0.717) is 6.54 Å². The van der Waals surface area contributed by atoms with Crippen molar-refractivity contribution >= 4 is 22.5 Å². The smallest absolute Gasteiger partial charge is 0.276 e. The minimum atomic E-state index is -0.237. The molecule has 5 heteroatoms. The van der Waals surface area contributed by atoms with Gasteiger partial charge in [-0.25, -0.2) is 9.97 Å². The minimum Gasteiger partial charge on any atom is -0.382 e. The first kappa shape index (κ1) is 14.0. The fourth-order valence-corrected chi connectivity index (χ4v) is 2.45. The third-order valence-corrected chi connectivity index (χ3v) is 3.56. The van der Waals surface area contributed by atoms with Crippen molar-refractivity contribution < 1.29 is 4.79 Å². The summed E-state index contributed by atoms with van der Waals surface area (Å²) in [5.41, 5.74) is 6.99. The van der Waals surface area contributed by atoms with E-state index in [1.807, 2.05) is 24.3 Å². The van der Waals surface area contributed by atoms with Gasteiger partial charge in [0.2, 0.25) is 0 Å². The zero-order chi connectivity index (χ0) is 15.5. The highest BCUT2D eigenvalue weighted by Gasteiger charge is 2.17. The molecule has 3 aromatic rings. The van der Waals surface area contributed by atoms with Gasteiger partial charge in [0.15, 0.2) is 11.5 Å². The summed E-state index contributed by atoms with van der Waals surface area (Å²) < 4.78 is 0. The second-order valence-corrected chi connectivity index (χ2v) is 5.09. The van der Waals surface area contributed by atoms with Crippen LogP contribution in [0.5, 0.6) is 0 Å². The molecular weight excluding hydrogens is 276 g/mol. The maximum Gasteiger partial charge on any atom is 0.276 e. The second-order valence-electron chi connectivity index (χ2n) is 5.09. The van der Waals surface area contributed by atoms with E-state index in [-0.39, 0.29) is 17.4 Å². The van der Waals surface area contributed by atoms with Crippen molar-refractivity contribution in [3.63, 3.8) is 0 Å². The van der Waals surface area contributed by atoms with E-state index in [9.17, 15) is 4.79 Å². The Labute approximate surface area is 128 Å². The number of benzene rings is 2. The molecule has 0 unspecified atom stereocenters. The molecule has 5 nitrogen and oxygen atoms in total. The Morgan fingerprint density at radius 2 is 1.82 bits per heavy atom. The van der Waals surface area contributed by atoms with Crippen LogP contribution in [0.15, 0.2) is 54.9 Å². The van der Waals surface area contributed by atoms with Crippen molar-refractivity contribution in [1.82, 2.24) is 14.9 Å². The van der Waals surface area contributed by atoms with Crippen LogP contribution in [0.25, 0.3) is 10.8 Å². The van der Waals surface area contributed by atoms with Crippen molar-refractivity contribution in [2.75, 3.05) is 12.8 Å². The largest absolute Gasteiger partial charge is 0.382 e. The maximum absolute atomic E-state index is 12.4. The van der Waals surface area contributed by atoms with Crippen molar-refractivity contribution in [3.8, 4) is 0 Å². The number of hydrogen-bond acceptors (Lipinski definition) is 4. The number of hydrogen-bond donors (Lipinski definition) is 1. The number of carbonyl (C=O) groups excluding carboxylic acids is 1. The van der Waals surface area contributed by atoms with Gasteiger partial charge in [0.25, 0.3) is 5.91 Å². The summed E-state index contributed by atoms with van der Waals surface area (Å²) >= 11 is 0. The van der Waals surface area contributed by atoms with Gasteiger partial charge in [0.05, 0.1) is 0 Å². The summed E-state index contributed by atoms with van der Waals surface area (Å²) in [6.45, 7) is 0.482. The van der Waals surface area contributed by atoms with Gasteiger partial charge < -0.3 is 10.6 Å². The number of nitrogens with zero attached hydrogens (tertiary/aromatic N) is 3. The van der Waals surface area contributed by atoms with Gasteiger partial charge in [-0.3, -0.25) is 4.79 Å². The molecule has 3 rings (SSSR count). The van der Waals surface area contributed by atoms with Crippen LogP contribution in [0.1, 0.15) is 16.1 Å². The molecule has 110 valence electrons. The van der Waals surface area contributed by atoms with Gasteiger partial charge in [-0.1, -0.05) is 42.5 Å². The molecule has 0 atom stereocenters. The van der Waals surface area contributed by atoms with Crippen molar-refractivity contribution in [1.29, 1.82) is 0 Å². The monoisotopic (exact) mass is 292 g/mol. The molecule has 1 amide bonds. The van der Waals surface area contributed by atoms with E-state index in [1.54, 1.807) is 11.9 Å². The lowest BCUT2D eigenvalue weighted by Crippen LogP contribution is -2.28. The Morgan fingerprint density at radius 3 is 2.64 bits per heavy atom. The minimum absolute atomic E-state index is 0.150. The molecule has 1 aromatic heterocycles. The third kappa shape index (κ3) is 2.61. The van der Waals surface area contributed by atoms with Crippen LogP contribution in [0, 0.1) is 0 Å². The highest BCUT2D eigenvalue weighted by molar-refractivity contribution is 5.96. The second kappa shape index (κ2) is 5.81. The van der Waals surface area contributed by atoms with Crippen LogP contribution in [0.3, 0.4) is 0 Å². The predicted molar refractivity (Wildman–Crippen MR) is 86.2 cm³/mol. The summed E-state index contributed by atoms with van der Waals surface area (Å²) in [6, 6.07) is 14.2. The predicted octanol–water partition coefficient (Wildman–Crippen LogP) is 2.48. The summed E-state index contributed by atoms with van der Waals surface area (Å²) in [6.07, 6.45) is 2.94. The third-order valence-electron chi connectivity index (χ3n) is 3.56. The lowest BCUT2D eigenvalue weighted by molar-refractivity contribution is 0.0780. The van der Waals surface area contributed by atoms with Gasteiger partial charge in [0.1, 0.15) is 0 Å².